The fourth-order valence-electron chi connectivity index (χ4n) is 3.67. The molecule has 1 aromatic heterocycles. The van der Waals surface area contributed by atoms with Gasteiger partial charge in [-0.1, -0.05) is 30.3 Å². The molecular weight excluding hydrogens is 354 g/mol. The zero-order valence-corrected chi connectivity index (χ0v) is 16.8. The molecule has 3 rings (SSSR count). The van der Waals surface area contributed by atoms with Crippen LogP contribution in [0.4, 0.5) is 0 Å². The number of nitrogens with two attached hydrogens (primary N) is 1. The predicted molar refractivity (Wildman–Crippen MR) is 110 cm³/mol. The quantitative estimate of drug-likeness (QED) is 0.558. The molecule has 148 valence electrons. The highest BCUT2D eigenvalue weighted by molar-refractivity contribution is 5.84. The van der Waals surface area contributed by atoms with Crippen molar-refractivity contribution in [3.05, 3.63) is 59.8 Å². The number of fused-ring (bicyclic) bond motifs is 1. The van der Waals surface area contributed by atoms with E-state index in [9.17, 15) is 4.79 Å². The molecule has 28 heavy (non-hydrogen) atoms. The van der Waals surface area contributed by atoms with Gasteiger partial charge in [-0.05, 0) is 24.6 Å². The molecule has 0 saturated carbocycles. The van der Waals surface area contributed by atoms with Crippen LogP contribution in [0.3, 0.4) is 0 Å². The number of likely N-dealkylation sites (N-methyl/N-ethyl adjacent to an activating group) is 1. The first kappa shape index (κ1) is 19.8. The number of rotatable bonds is 8. The summed E-state index contributed by atoms with van der Waals surface area (Å²) in [4.78, 5) is 15.4. The van der Waals surface area contributed by atoms with E-state index in [4.69, 9.17) is 9.47 Å². The molecule has 0 fully saturated rings. The summed E-state index contributed by atoms with van der Waals surface area (Å²) in [5.74, 6) is 1.45. The van der Waals surface area contributed by atoms with E-state index in [1.807, 2.05) is 37.4 Å². The van der Waals surface area contributed by atoms with E-state index in [1.165, 1.54) is 10.9 Å². The van der Waals surface area contributed by atoms with Crippen LogP contribution in [0.25, 0.3) is 10.9 Å². The molecule has 0 radical (unpaired) electrons. The van der Waals surface area contributed by atoms with Crippen molar-refractivity contribution in [2.75, 3.05) is 27.8 Å². The number of H-pyrrole nitrogens is 1. The van der Waals surface area contributed by atoms with Crippen molar-refractivity contribution >= 4 is 16.8 Å². The summed E-state index contributed by atoms with van der Waals surface area (Å²) in [6.45, 7) is 2.61. The van der Waals surface area contributed by atoms with Gasteiger partial charge in [-0.3, -0.25) is 4.79 Å². The van der Waals surface area contributed by atoms with Crippen LogP contribution in [-0.2, 0) is 4.79 Å². The van der Waals surface area contributed by atoms with Crippen molar-refractivity contribution in [3.8, 4) is 11.5 Å². The molecule has 0 aliphatic carbocycles. The van der Waals surface area contributed by atoms with Crippen LogP contribution in [0.1, 0.15) is 24.0 Å². The van der Waals surface area contributed by atoms with Gasteiger partial charge >= 0.3 is 0 Å². The van der Waals surface area contributed by atoms with E-state index in [0.29, 0.717) is 12.3 Å². The lowest BCUT2D eigenvalue weighted by molar-refractivity contribution is -0.674. The minimum Gasteiger partial charge on any atom is -0.493 e. The van der Waals surface area contributed by atoms with E-state index >= 15 is 0 Å². The summed E-state index contributed by atoms with van der Waals surface area (Å²) in [6, 6.07) is 14.0. The van der Waals surface area contributed by atoms with Crippen LogP contribution in [0, 0.1) is 0 Å². The van der Waals surface area contributed by atoms with Gasteiger partial charge in [0.15, 0.2) is 17.5 Å². The number of para-hydroxylation sites is 2. The summed E-state index contributed by atoms with van der Waals surface area (Å²) in [7, 11) is 4.96. The second-order valence-corrected chi connectivity index (χ2v) is 6.80. The van der Waals surface area contributed by atoms with Crippen LogP contribution in [0.15, 0.2) is 48.7 Å². The van der Waals surface area contributed by atoms with Gasteiger partial charge < -0.3 is 25.1 Å². The standard InChI is InChI=1S/C22H27N3O3/c1-14(22(26)23-2)24-12-18(16-9-7-11-20(27-3)21(16)28-4)17-13-25-19-10-6-5-8-15(17)19/h5-11,13-14,18,24-25H,12H2,1-4H3,(H,23,26)/p+1/t14-,18+/m1/s1. The number of amides is 1. The molecule has 2 atom stereocenters. The number of nitrogens with one attached hydrogen (secondary N) is 2. The van der Waals surface area contributed by atoms with Gasteiger partial charge in [-0.2, -0.15) is 0 Å². The fraction of sp³-hybridized carbons (Fsp3) is 0.318. The second kappa shape index (κ2) is 8.80. The smallest absolute Gasteiger partial charge is 0.277 e. The predicted octanol–water partition coefficient (Wildman–Crippen LogP) is 2.01. The number of ether oxygens (including phenoxy) is 2. The number of carbonyl (C=O) groups excluding carboxylic acids is 1. The van der Waals surface area contributed by atoms with Crippen molar-refractivity contribution in [3.63, 3.8) is 0 Å². The minimum atomic E-state index is -0.186. The first-order chi connectivity index (χ1) is 13.6. The lowest BCUT2D eigenvalue weighted by Gasteiger charge is -2.21. The highest BCUT2D eigenvalue weighted by atomic mass is 16.5. The van der Waals surface area contributed by atoms with E-state index < -0.39 is 0 Å². The Labute approximate surface area is 165 Å². The Bertz CT molecular complexity index is 951. The lowest BCUT2D eigenvalue weighted by Crippen LogP contribution is -2.92. The zero-order chi connectivity index (χ0) is 20.1. The average molecular weight is 382 g/mol. The first-order valence-electron chi connectivity index (χ1n) is 9.42. The van der Waals surface area contributed by atoms with Crippen LogP contribution in [0.2, 0.25) is 0 Å². The van der Waals surface area contributed by atoms with E-state index in [2.05, 4.69) is 33.8 Å². The van der Waals surface area contributed by atoms with Gasteiger partial charge in [0.05, 0.1) is 26.7 Å². The van der Waals surface area contributed by atoms with Gasteiger partial charge in [0.1, 0.15) is 0 Å². The molecule has 0 aliphatic rings. The van der Waals surface area contributed by atoms with E-state index in [0.717, 1.165) is 16.8 Å². The van der Waals surface area contributed by atoms with Gasteiger partial charge in [0.25, 0.3) is 5.91 Å². The third kappa shape index (κ3) is 3.82. The summed E-state index contributed by atoms with van der Waals surface area (Å²) < 4.78 is 11.2. The third-order valence-corrected chi connectivity index (χ3v) is 5.19. The molecule has 3 aromatic rings. The summed E-state index contributed by atoms with van der Waals surface area (Å²) in [5.41, 5.74) is 3.29. The van der Waals surface area contributed by atoms with Crippen molar-refractivity contribution in [2.45, 2.75) is 18.9 Å². The van der Waals surface area contributed by atoms with Crippen molar-refractivity contribution < 1.29 is 19.6 Å². The van der Waals surface area contributed by atoms with Crippen molar-refractivity contribution in [2.24, 2.45) is 0 Å². The van der Waals surface area contributed by atoms with Gasteiger partial charge in [-0.25, -0.2) is 0 Å². The Kier molecular flexibility index (Phi) is 6.21. The summed E-state index contributed by atoms with van der Waals surface area (Å²) >= 11 is 0. The third-order valence-electron chi connectivity index (χ3n) is 5.19. The zero-order valence-electron chi connectivity index (χ0n) is 16.8. The Balaban J connectivity index is 2.06. The number of carbonyl (C=O) groups is 1. The molecule has 2 aromatic carbocycles. The van der Waals surface area contributed by atoms with Crippen molar-refractivity contribution in [1.29, 1.82) is 0 Å². The SMILES string of the molecule is CNC(=O)[C@@H](C)[NH2+]C[C@@H](c1cccc(OC)c1OC)c1c[nH]c2ccccc12. The molecule has 0 unspecified atom stereocenters. The van der Waals surface area contributed by atoms with Gasteiger partial charge in [-0.15, -0.1) is 0 Å². The molecule has 6 heteroatoms. The maximum absolute atomic E-state index is 12.0. The molecule has 4 N–H and O–H groups in total. The Morgan fingerprint density at radius 3 is 2.61 bits per heavy atom. The number of aromatic nitrogens is 1. The molecule has 1 amide bonds. The Morgan fingerprint density at radius 1 is 1.11 bits per heavy atom. The number of aromatic amines is 1. The largest absolute Gasteiger partial charge is 0.493 e. The number of quaternary nitrogens is 1. The molecule has 0 spiro atoms. The molecule has 6 nitrogen and oxygen atoms in total. The maximum Gasteiger partial charge on any atom is 0.277 e. The van der Waals surface area contributed by atoms with Gasteiger partial charge in [0.2, 0.25) is 0 Å². The Hall–Kier alpha value is -2.99. The molecule has 0 aliphatic heterocycles. The van der Waals surface area contributed by atoms with E-state index in [-0.39, 0.29) is 17.9 Å². The lowest BCUT2D eigenvalue weighted by atomic mass is 9.89. The van der Waals surface area contributed by atoms with Crippen LogP contribution >= 0.6 is 0 Å². The van der Waals surface area contributed by atoms with Crippen LogP contribution in [0.5, 0.6) is 11.5 Å². The monoisotopic (exact) mass is 382 g/mol. The van der Waals surface area contributed by atoms with Crippen LogP contribution in [-0.4, -0.2) is 44.7 Å². The topological polar surface area (TPSA) is 80.0 Å². The molecule has 1 heterocycles. The number of benzene rings is 2. The second-order valence-electron chi connectivity index (χ2n) is 6.80. The minimum absolute atomic E-state index is 0.00952. The normalized spacial score (nSPS) is 13.1. The number of methoxy groups -OCH3 is 2. The number of hydrogen-bond acceptors (Lipinski definition) is 3. The summed E-state index contributed by atoms with van der Waals surface area (Å²) in [5, 5.41) is 5.94. The molecule has 0 saturated heterocycles. The fourth-order valence-corrected chi connectivity index (χ4v) is 3.67. The van der Waals surface area contributed by atoms with Crippen molar-refractivity contribution in [1.82, 2.24) is 10.3 Å². The van der Waals surface area contributed by atoms with Gasteiger partial charge in [0, 0.05) is 29.7 Å². The summed E-state index contributed by atoms with van der Waals surface area (Å²) in [6.07, 6.45) is 2.05. The Morgan fingerprint density at radius 2 is 1.89 bits per heavy atom. The number of hydrogen-bond donors (Lipinski definition) is 3. The average Bonchev–Trinajstić information content (AvgIpc) is 3.16. The van der Waals surface area contributed by atoms with Crippen LogP contribution < -0.4 is 20.1 Å². The first-order valence-corrected chi connectivity index (χ1v) is 9.42. The highest BCUT2D eigenvalue weighted by Gasteiger charge is 2.26. The van der Waals surface area contributed by atoms with E-state index in [1.54, 1.807) is 21.3 Å². The molecule has 0 bridgehead atoms. The highest BCUT2D eigenvalue weighted by Crippen LogP contribution is 2.39. The molecular formula is C22H28N3O3+. The maximum atomic E-state index is 12.0.